The molecule has 27 heavy (non-hydrogen) atoms. The zero-order chi connectivity index (χ0) is 18.5. The van der Waals surface area contributed by atoms with Gasteiger partial charge < -0.3 is 20.1 Å². The van der Waals surface area contributed by atoms with Crippen LogP contribution < -0.4 is 15.4 Å². The van der Waals surface area contributed by atoms with E-state index in [9.17, 15) is 0 Å². The molecule has 2 fully saturated rings. The fraction of sp³-hybridized carbons (Fsp3) is 0.478. The molecule has 0 radical (unpaired) electrons. The van der Waals surface area contributed by atoms with E-state index in [0.29, 0.717) is 18.0 Å². The number of nitrogens with one attached hydrogen (secondary N) is 2. The van der Waals surface area contributed by atoms with Crippen molar-refractivity contribution in [2.45, 2.75) is 37.9 Å². The molecule has 2 aromatic carbocycles. The van der Waals surface area contributed by atoms with Crippen LogP contribution in [0.3, 0.4) is 0 Å². The molecule has 1 heterocycles. The highest BCUT2D eigenvalue weighted by Crippen LogP contribution is 2.30. The fourth-order valence-corrected chi connectivity index (χ4v) is 4.43. The molecule has 1 saturated carbocycles. The van der Waals surface area contributed by atoms with Gasteiger partial charge in [-0.25, -0.2) is 0 Å². The quantitative estimate of drug-likeness (QED) is 0.820. The number of rotatable bonds is 6. The summed E-state index contributed by atoms with van der Waals surface area (Å²) in [6.45, 7) is 3.62. The molecule has 2 N–H and O–H groups in total. The summed E-state index contributed by atoms with van der Waals surface area (Å²) in [5, 5.41) is 7.46. The highest BCUT2D eigenvalue weighted by Gasteiger charge is 2.34. The lowest BCUT2D eigenvalue weighted by molar-refractivity contribution is 0.0524. The lowest BCUT2D eigenvalue weighted by Gasteiger charge is -2.33. The van der Waals surface area contributed by atoms with Gasteiger partial charge in [-0.15, -0.1) is 0 Å². The van der Waals surface area contributed by atoms with Gasteiger partial charge in [0.2, 0.25) is 0 Å². The molecule has 1 aliphatic heterocycles. The predicted molar refractivity (Wildman–Crippen MR) is 109 cm³/mol. The van der Waals surface area contributed by atoms with E-state index in [2.05, 4.69) is 47.0 Å². The van der Waals surface area contributed by atoms with Crippen LogP contribution in [0.4, 0.5) is 0 Å². The van der Waals surface area contributed by atoms with Crippen LogP contribution in [0.2, 0.25) is 0 Å². The normalized spacial score (nSPS) is 25.4. The van der Waals surface area contributed by atoms with Crippen molar-refractivity contribution < 1.29 is 9.47 Å². The van der Waals surface area contributed by atoms with Crippen molar-refractivity contribution in [2.24, 2.45) is 5.92 Å². The van der Waals surface area contributed by atoms with Crippen molar-refractivity contribution in [1.82, 2.24) is 10.6 Å². The molecular formula is C23H30N2O2. The molecule has 144 valence electrons. The molecular weight excluding hydrogens is 336 g/mol. The second-order valence-corrected chi connectivity index (χ2v) is 7.64. The Bertz CT molecular complexity index is 708. The lowest BCUT2D eigenvalue weighted by Crippen LogP contribution is -2.50. The third-order valence-corrected chi connectivity index (χ3v) is 5.98. The van der Waals surface area contributed by atoms with Gasteiger partial charge in [-0.1, -0.05) is 42.8 Å². The summed E-state index contributed by atoms with van der Waals surface area (Å²) in [5.74, 6) is 1.58. The Morgan fingerprint density at radius 3 is 2.44 bits per heavy atom. The van der Waals surface area contributed by atoms with E-state index in [1.54, 1.807) is 7.11 Å². The van der Waals surface area contributed by atoms with Crippen LogP contribution in [0.5, 0.6) is 5.75 Å². The molecule has 0 amide bonds. The maximum absolute atomic E-state index is 5.68. The van der Waals surface area contributed by atoms with E-state index in [1.165, 1.54) is 36.0 Å². The van der Waals surface area contributed by atoms with E-state index in [-0.39, 0.29) is 0 Å². The number of methoxy groups -OCH3 is 1. The number of ether oxygens (including phenoxy) is 2. The van der Waals surface area contributed by atoms with Gasteiger partial charge in [-0.3, -0.25) is 0 Å². The smallest absolute Gasteiger partial charge is 0.118 e. The fourth-order valence-electron chi connectivity index (χ4n) is 4.43. The van der Waals surface area contributed by atoms with Gasteiger partial charge in [0.05, 0.1) is 20.3 Å². The SMILES string of the molecule is COc1ccc(-c2ccc(CNC3CCCC3C3COCCN3)cc2)cc1. The molecule has 1 aliphatic carbocycles. The summed E-state index contributed by atoms with van der Waals surface area (Å²) in [6, 6.07) is 18.2. The summed E-state index contributed by atoms with van der Waals surface area (Å²) in [4.78, 5) is 0. The topological polar surface area (TPSA) is 42.5 Å². The molecule has 2 aromatic rings. The van der Waals surface area contributed by atoms with Gasteiger partial charge in [0.15, 0.2) is 0 Å². The lowest BCUT2D eigenvalue weighted by atomic mass is 9.94. The maximum atomic E-state index is 5.68. The Morgan fingerprint density at radius 2 is 1.78 bits per heavy atom. The van der Waals surface area contributed by atoms with Crippen molar-refractivity contribution in [2.75, 3.05) is 26.9 Å². The van der Waals surface area contributed by atoms with E-state index in [1.807, 2.05) is 12.1 Å². The summed E-state index contributed by atoms with van der Waals surface area (Å²) in [6.07, 6.45) is 3.89. The van der Waals surface area contributed by atoms with Gasteiger partial charge >= 0.3 is 0 Å². The van der Waals surface area contributed by atoms with Crippen molar-refractivity contribution in [3.05, 3.63) is 54.1 Å². The first kappa shape index (κ1) is 18.5. The monoisotopic (exact) mass is 366 g/mol. The Balaban J connectivity index is 1.34. The van der Waals surface area contributed by atoms with Crippen molar-refractivity contribution in [3.8, 4) is 16.9 Å². The zero-order valence-corrected chi connectivity index (χ0v) is 16.1. The van der Waals surface area contributed by atoms with Crippen LogP contribution in [-0.4, -0.2) is 39.0 Å². The molecule has 0 spiro atoms. The van der Waals surface area contributed by atoms with E-state index in [0.717, 1.165) is 32.1 Å². The minimum Gasteiger partial charge on any atom is -0.497 e. The molecule has 1 saturated heterocycles. The molecule has 4 nitrogen and oxygen atoms in total. The van der Waals surface area contributed by atoms with Gasteiger partial charge in [0, 0.05) is 25.2 Å². The standard InChI is InChI=1S/C23H30N2O2/c1-26-20-11-9-19(10-12-20)18-7-5-17(6-8-18)15-25-22-4-2-3-21(22)23-16-27-14-13-24-23/h5-12,21-25H,2-4,13-16H2,1H3. The summed E-state index contributed by atoms with van der Waals surface area (Å²) in [7, 11) is 1.70. The Kier molecular flexibility index (Phi) is 6.07. The van der Waals surface area contributed by atoms with Gasteiger partial charge in [0.25, 0.3) is 0 Å². The molecule has 3 unspecified atom stereocenters. The average molecular weight is 367 g/mol. The summed E-state index contributed by atoms with van der Waals surface area (Å²) >= 11 is 0. The average Bonchev–Trinajstić information content (AvgIpc) is 3.22. The van der Waals surface area contributed by atoms with E-state index < -0.39 is 0 Å². The minimum atomic E-state index is 0.510. The number of hydrogen-bond donors (Lipinski definition) is 2. The Labute approximate surface area is 162 Å². The zero-order valence-electron chi connectivity index (χ0n) is 16.1. The van der Waals surface area contributed by atoms with Crippen molar-refractivity contribution in [1.29, 1.82) is 0 Å². The number of hydrogen-bond acceptors (Lipinski definition) is 4. The molecule has 2 aliphatic rings. The van der Waals surface area contributed by atoms with Gasteiger partial charge in [-0.05, 0) is 47.6 Å². The third-order valence-electron chi connectivity index (χ3n) is 5.98. The molecule has 0 bridgehead atoms. The van der Waals surface area contributed by atoms with Crippen molar-refractivity contribution in [3.63, 3.8) is 0 Å². The molecule has 0 aromatic heterocycles. The summed E-state index contributed by atoms with van der Waals surface area (Å²) < 4.78 is 10.9. The second-order valence-electron chi connectivity index (χ2n) is 7.64. The van der Waals surface area contributed by atoms with E-state index >= 15 is 0 Å². The Hall–Kier alpha value is -1.88. The number of benzene rings is 2. The van der Waals surface area contributed by atoms with Crippen LogP contribution in [0, 0.1) is 5.92 Å². The third kappa shape index (κ3) is 4.52. The van der Waals surface area contributed by atoms with Crippen LogP contribution in [0.25, 0.3) is 11.1 Å². The summed E-state index contributed by atoms with van der Waals surface area (Å²) in [5.41, 5.74) is 3.80. The van der Waals surface area contributed by atoms with E-state index in [4.69, 9.17) is 9.47 Å². The molecule has 4 heteroatoms. The predicted octanol–water partition coefficient (Wildman–Crippen LogP) is 3.61. The first-order valence-electron chi connectivity index (χ1n) is 10.1. The van der Waals surface area contributed by atoms with Crippen LogP contribution in [0.1, 0.15) is 24.8 Å². The first-order valence-corrected chi connectivity index (χ1v) is 10.1. The second kappa shape index (κ2) is 8.87. The van der Waals surface area contributed by atoms with Crippen LogP contribution in [-0.2, 0) is 11.3 Å². The van der Waals surface area contributed by atoms with Crippen LogP contribution in [0.15, 0.2) is 48.5 Å². The molecule has 3 atom stereocenters. The highest BCUT2D eigenvalue weighted by atomic mass is 16.5. The maximum Gasteiger partial charge on any atom is 0.118 e. The van der Waals surface area contributed by atoms with Gasteiger partial charge in [-0.2, -0.15) is 0 Å². The number of morpholine rings is 1. The Morgan fingerprint density at radius 1 is 1.04 bits per heavy atom. The first-order chi connectivity index (χ1) is 13.3. The minimum absolute atomic E-state index is 0.510. The molecule has 4 rings (SSSR count). The van der Waals surface area contributed by atoms with Crippen LogP contribution >= 0.6 is 0 Å². The van der Waals surface area contributed by atoms with Gasteiger partial charge in [0.1, 0.15) is 5.75 Å². The highest BCUT2D eigenvalue weighted by molar-refractivity contribution is 5.64. The largest absolute Gasteiger partial charge is 0.497 e. The van der Waals surface area contributed by atoms with Crippen molar-refractivity contribution >= 4 is 0 Å².